The van der Waals surface area contributed by atoms with Crippen LogP contribution >= 0.6 is 0 Å². The molecule has 0 spiro atoms. The molecular formula is C20H25NO2. The molecule has 0 saturated carbocycles. The zero-order valence-corrected chi connectivity index (χ0v) is 14.4. The van der Waals surface area contributed by atoms with Crippen LogP contribution in [-0.2, 0) is 4.74 Å². The standard InChI is InChI=1S/C18H19NO.C2H6O/c1-3-9-17(18(20)15-11-5-4-6-12-15)19-16-13-8-7-10-14(16)2;1-3-2/h4-8,10-13H,3,9H2,1-2H3;1-2H3. The van der Waals surface area contributed by atoms with Gasteiger partial charge in [-0.1, -0.05) is 61.9 Å². The van der Waals surface area contributed by atoms with E-state index < -0.39 is 0 Å². The number of hydrogen-bond donors (Lipinski definition) is 0. The molecule has 2 aromatic rings. The first-order chi connectivity index (χ1) is 11.1. The van der Waals surface area contributed by atoms with Crippen molar-refractivity contribution in [3.63, 3.8) is 0 Å². The highest BCUT2D eigenvalue weighted by atomic mass is 16.4. The Labute approximate surface area is 139 Å². The summed E-state index contributed by atoms with van der Waals surface area (Å²) < 4.78 is 4.25. The van der Waals surface area contributed by atoms with Crippen molar-refractivity contribution >= 4 is 17.2 Å². The van der Waals surface area contributed by atoms with Crippen molar-refractivity contribution in [2.24, 2.45) is 4.99 Å². The van der Waals surface area contributed by atoms with Crippen molar-refractivity contribution in [3.8, 4) is 0 Å². The largest absolute Gasteiger partial charge is 0.388 e. The molecule has 0 saturated heterocycles. The van der Waals surface area contributed by atoms with E-state index >= 15 is 0 Å². The second kappa shape index (κ2) is 10.5. The van der Waals surface area contributed by atoms with Gasteiger partial charge in [0, 0.05) is 19.8 Å². The van der Waals surface area contributed by atoms with E-state index in [1.165, 1.54) is 0 Å². The maximum absolute atomic E-state index is 12.5. The van der Waals surface area contributed by atoms with Crippen molar-refractivity contribution < 1.29 is 9.53 Å². The number of ether oxygens (including phenoxy) is 1. The summed E-state index contributed by atoms with van der Waals surface area (Å²) in [6, 6.07) is 17.2. The second-order valence-corrected chi connectivity index (χ2v) is 5.20. The van der Waals surface area contributed by atoms with E-state index in [1.54, 1.807) is 14.2 Å². The average Bonchev–Trinajstić information content (AvgIpc) is 2.57. The van der Waals surface area contributed by atoms with Crippen LogP contribution in [0.1, 0.15) is 35.7 Å². The van der Waals surface area contributed by atoms with Crippen molar-refractivity contribution in [2.45, 2.75) is 26.7 Å². The lowest BCUT2D eigenvalue weighted by atomic mass is 10.0. The molecule has 3 nitrogen and oxygen atoms in total. The van der Waals surface area contributed by atoms with E-state index in [9.17, 15) is 4.79 Å². The van der Waals surface area contributed by atoms with E-state index in [0.29, 0.717) is 17.7 Å². The third-order valence-corrected chi connectivity index (χ3v) is 3.16. The summed E-state index contributed by atoms with van der Waals surface area (Å²) in [7, 11) is 3.25. The summed E-state index contributed by atoms with van der Waals surface area (Å²) in [4.78, 5) is 17.1. The fourth-order valence-corrected chi connectivity index (χ4v) is 2.05. The SMILES string of the molecule is CCCC(=Nc1ccccc1C)C(=O)c1ccccc1.COC. The average molecular weight is 311 g/mol. The van der Waals surface area contributed by atoms with Gasteiger partial charge in [0.15, 0.2) is 0 Å². The number of methoxy groups -OCH3 is 1. The van der Waals surface area contributed by atoms with Gasteiger partial charge in [0.25, 0.3) is 0 Å². The first-order valence-corrected chi connectivity index (χ1v) is 7.77. The summed E-state index contributed by atoms with van der Waals surface area (Å²) in [5.41, 5.74) is 3.29. The highest BCUT2D eigenvalue weighted by molar-refractivity contribution is 6.46. The van der Waals surface area contributed by atoms with Crippen LogP contribution in [0.2, 0.25) is 0 Å². The predicted octanol–water partition coefficient (Wildman–Crippen LogP) is 5.01. The van der Waals surface area contributed by atoms with E-state index in [-0.39, 0.29) is 5.78 Å². The van der Waals surface area contributed by atoms with Crippen LogP contribution in [0.15, 0.2) is 59.6 Å². The summed E-state index contributed by atoms with van der Waals surface area (Å²) in [6.45, 7) is 4.07. The number of para-hydroxylation sites is 1. The number of benzene rings is 2. The van der Waals surface area contributed by atoms with Gasteiger partial charge < -0.3 is 4.74 Å². The van der Waals surface area contributed by atoms with E-state index in [1.807, 2.05) is 61.5 Å². The molecule has 23 heavy (non-hydrogen) atoms. The molecule has 0 radical (unpaired) electrons. The highest BCUT2D eigenvalue weighted by Gasteiger charge is 2.13. The molecule has 0 aliphatic carbocycles. The maximum atomic E-state index is 12.5. The van der Waals surface area contributed by atoms with Crippen LogP contribution in [0.4, 0.5) is 5.69 Å². The molecule has 122 valence electrons. The molecule has 0 atom stereocenters. The summed E-state index contributed by atoms with van der Waals surface area (Å²) in [6.07, 6.45) is 1.60. The Bertz CT molecular complexity index is 633. The van der Waals surface area contributed by atoms with Gasteiger partial charge in [-0.05, 0) is 25.0 Å². The van der Waals surface area contributed by atoms with Crippen LogP contribution < -0.4 is 0 Å². The van der Waals surface area contributed by atoms with E-state index in [4.69, 9.17) is 0 Å². The Hall–Kier alpha value is -2.26. The minimum Gasteiger partial charge on any atom is -0.388 e. The molecule has 0 amide bonds. The smallest absolute Gasteiger partial charge is 0.207 e. The molecule has 0 heterocycles. The van der Waals surface area contributed by atoms with Crippen molar-refractivity contribution in [2.75, 3.05) is 14.2 Å². The minimum absolute atomic E-state index is 0.0238. The van der Waals surface area contributed by atoms with Crippen LogP contribution in [0, 0.1) is 6.92 Å². The van der Waals surface area contributed by atoms with Gasteiger partial charge in [0.05, 0.1) is 11.4 Å². The summed E-state index contributed by atoms with van der Waals surface area (Å²) in [5.74, 6) is 0.0238. The van der Waals surface area contributed by atoms with Gasteiger partial charge in [-0.15, -0.1) is 0 Å². The number of nitrogens with zero attached hydrogens (tertiary/aromatic N) is 1. The van der Waals surface area contributed by atoms with Crippen LogP contribution in [-0.4, -0.2) is 25.7 Å². The number of rotatable bonds is 5. The Morgan fingerprint density at radius 3 is 2.13 bits per heavy atom. The zero-order chi connectivity index (χ0) is 17.1. The predicted molar refractivity (Wildman–Crippen MR) is 96.9 cm³/mol. The lowest BCUT2D eigenvalue weighted by molar-refractivity contribution is 0.106. The fraction of sp³-hybridized carbons (Fsp3) is 0.300. The minimum atomic E-state index is 0.0238. The van der Waals surface area contributed by atoms with Crippen molar-refractivity contribution in [3.05, 3.63) is 65.7 Å². The molecule has 0 fully saturated rings. The summed E-state index contributed by atoms with van der Waals surface area (Å²) in [5, 5.41) is 0. The number of ketones is 1. The Morgan fingerprint density at radius 2 is 1.57 bits per heavy atom. The van der Waals surface area contributed by atoms with Gasteiger partial charge in [-0.3, -0.25) is 4.79 Å². The van der Waals surface area contributed by atoms with E-state index in [0.717, 1.165) is 17.7 Å². The number of Topliss-reactive ketones (excluding diaryl/α,β-unsaturated/α-hetero) is 1. The quantitative estimate of drug-likeness (QED) is 0.575. The molecule has 0 bridgehead atoms. The summed E-state index contributed by atoms with van der Waals surface area (Å²) >= 11 is 0. The normalized spacial score (nSPS) is 10.7. The first kappa shape index (κ1) is 18.8. The molecule has 3 heteroatoms. The molecule has 0 aromatic heterocycles. The van der Waals surface area contributed by atoms with Crippen LogP contribution in [0.3, 0.4) is 0 Å². The second-order valence-electron chi connectivity index (χ2n) is 5.20. The van der Waals surface area contributed by atoms with Gasteiger partial charge >= 0.3 is 0 Å². The molecule has 0 aliphatic heterocycles. The third kappa shape index (κ3) is 6.17. The number of hydrogen-bond acceptors (Lipinski definition) is 3. The first-order valence-electron chi connectivity index (χ1n) is 7.77. The monoisotopic (exact) mass is 311 g/mol. The number of aryl methyl sites for hydroxylation is 1. The molecule has 0 aliphatic rings. The topological polar surface area (TPSA) is 38.7 Å². The van der Waals surface area contributed by atoms with Gasteiger partial charge in [-0.25, -0.2) is 4.99 Å². The van der Waals surface area contributed by atoms with Crippen molar-refractivity contribution in [1.29, 1.82) is 0 Å². The van der Waals surface area contributed by atoms with Gasteiger partial charge in [0.2, 0.25) is 5.78 Å². The number of carbonyl (C=O) groups is 1. The Kier molecular flexibility index (Phi) is 8.55. The molecular weight excluding hydrogens is 286 g/mol. The van der Waals surface area contributed by atoms with E-state index in [2.05, 4.69) is 16.7 Å². The highest BCUT2D eigenvalue weighted by Crippen LogP contribution is 2.19. The van der Waals surface area contributed by atoms with Crippen molar-refractivity contribution in [1.82, 2.24) is 0 Å². The number of carbonyl (C=O) groups excluding carboxylic acids is 1. The molecule has 2 aromatic carbocycles. The molecule has 2 rings (SSSR count). The Balaban J connectivity index is 0.000000816. The Morgan fingerprint density at radius 1 is 1.00 bits per heavy atom. The third-order valence-electron chi connectivity index (χ3n) is 3.16. The van der Waals surface area contributed by atoms with Crippen LogP contribution in [0.25, 0.3) is 0 Å². The van der Waals surface area contributed by atoms with Gasteiger partial charge in [0.1, 0.15) is 0 Å². The molecule has 0 unspecified atom stereocenters. The zero-order valence-electron chi connectivity index (χ0n) is 14.4. The fourth-order valence-electron chi connectivity index (χ4n) is 2.05. The maximum Gasteiger partial charge on any atom is 0.207 e. The van der Waals surface area contributed by atoms with Crippen LogP contribution in [0.5, 0.6) is 0 Å². The molecule has 0 N–H and O–H groups in total. The number of aliphatic imine (C=N–C) groups is 1. The lowest BCUT2D eigenvalue weighted by Gasteiger charge is -2.06. The van der Waals surface area contributed by atoms with Gasteiger partial charge in [-0.2, -0.15) is 0 Å². The lowest BCUT2D eigenvalue weighted by Crippen LogP contribution is -2.14.